The molecule has 1 heterocycles. The number of hydrogen-bond donors (Lipinski definition) is 2. The zero-order chi connectivity index (χ0) is 13.5. The monoisotopic (exact) mass is 300 g/mol. The molecule has 112 valence electrons. The van der Waals surface area contributed by atoms with Crippen LogP contribution in [0.5, 0.6) is 5.75 Å². The van der Waals surface area contributed by atoms with Crippen molar-refractivity contribution in [1.82, 2.24) is 10.6 Å². The van der Waals surface area contributed by atoms with Gasteiger partial charge in [-0.2, -0.15) is 0 Å². The molecule has 2 rings (SSSR count). The van der Waals surface area contributed by atoms with Crippen molar-refractivity contribution < 1.29 is 14.3 Å². The summed E-state index contributed by atoms with van der Waals surface area (Å²) < 4.78 is 10.8. The van der Waals surface area contributed by atoms with Crippen LogP contribution >= 0.6 is 12.4 Å². The van der Waals surface area contributed by atoms with Crippen molar-refractivity contribution in [3.63, 3.8) is 0 Å². The topological polar surface area (TPSA) is 59.6 Å². The summed E-state index contributed by atoms with van der Waals surface area (Å²) in [5.41, 5.74) is 0.981. The Morgan fingerprint density at radius 1 is 1.50 bits per heavy atom. The molecule has 1 aliphatic rings. The van der Waals surface area contributed by atoms with Gasteiger partial charge in [0.25, 0.3) is 0 Å². The van der Waals surface area contributed by atoms with Crippen molar-refractivity contribution in [3.8, 4) is 5.75 Å². The third-order valence-corrected chi connectivity index (χ3v) is 2.96. The lowest BCUT2D eigenvalue weighted by molar-refractivity contribution is -0.126. The van der Waals surface area contributed by atoms with E-state index in [4.69, 9.17) is 9.47 Å². The van der Waals surface area contributed by atoms with Gasteiger partial charge in [-0.3, -0.25) is 4.79 Å². The highest BCUT2D eigenvalue weighted by molar-refractivity contribution is 5.85. The van der Waals surface area contributed by atoms with Crippen LogP contribution in [0.15, 0.2) is 24.3 Å². The third kappa shape index (κ3) is 4.67. The Labute approximate surface area is 125 Å². The van der Waals surface area contributed by atoms with Crippen LogP contribution in [0.3, 0.4) is 0 Å². The smallest absolute Gasteiger partial charge is 0.239 e. The second-order valence-corrected chi connectivity index (χ2v) is 4.34. The van der Waals surface area contributed by atoms with E-state index in [1.165, 1.54) is 0 Å². The normalized spacial score (nSPS) is 17.9. The average molecular weight is 301 g/mol. The molecule has 0 aromatic heterocycles. The highest BCUT2D eigenvalue weighted by atomic mass is 35.5. The van der Waals surface area contributed by atoms with Gasteiger partial charge in [0.15, 0.2) is 0 Å². The number of carbonyl (C=O) groups is 1. The second kappa shape index (κ2) is 8.79. The molecule has 1 aromatic rings. The average Bonchev–Trinajstić information content (AvgIpc) is 2.47. The Balaban J connectivity index is 0.00000200. The van der Waals surface area contributed by atoms with Gasteiger partial charge in [-0.05, 0) is 13.0 Å². The molecule has 1 saturated heterocycles. The molecule has 0 aliphatic carbocycles. The van der Waals surface area contributed by atoms with Crippen molar-refractivity contribution in [3.05, 3.63) is 29.8 Å². The molecule has 1 fully saturated rings. The first kappa shape index (κ1) is 16.8. The maximum Gasteiger partial charge on any atom is 0.239 e. The summed E-state index contributed by atoms with van der Waals surface area (Å²) >= 11 is 0. The van der Waals surface area contributed by atoms with E-state index < -0.39 is 0 Å². The number of para-hydroxylation sites is 1. The van der Waals surface area contributed by atoms with Crippen LogP contribution in [0.25, 0.3) is 0 Å². The van der Waals surface area contributed by atoms with Crippen molar-refractivity contribution in [2.24, 2.45) is 0 Å². The van der Waals surface area contributed by atoms with Gasteiger partial charge in [0, 0.05) is 18.7 Å². The largest absolute Gasteiger partial charge is 0.494 e. The van der Waals surface area contributed by atoms with E-state index in [1.54, 1.807) is 0 Å². The standard InChI is InChI=1S/C14H20N2O3.ClH/c1-2-19-13-6-4-3-5-11(13)9-16-14(17)12-10-18-8-7-15-12;/h3-6,12,15H,2,7-10H2,1H3,(H,16,17);1H. The highest BCUT2D eigenvalue weighted by Gasteiger charge is 2.20. The number of halogens is 1. The Hall–Kier alpha value is -1.30. The number of amides is 1. The summed E-state index contributed by atoms with van der Waals surface area (Å²) in [5, 5.41) is 6.03. The summed E-state index contributed by atoms with van der Waals surface area (Å²) in [4.78, 5) is 11.9. The molecule has 6 heteroatoms. The van der Waals surface area contributed by atoms with E-state index in [0.29, 0.717) is 32.9 Å². The highest BCUT2D eigenvalue weighted by Crippen LogP contribution is 2.17. The number of benzene rings is 1. The van der Waals surface area contributed by atoms with Gasteiger partial charge >= 0.3 is 0 Å². The molecule has 1 atom stereocenters. The van der Waals surface area contributed by atoms with Crippen molar-refractivity contribution in [2.75, 3.05) is 26.4 Å². The first-order valence-electron chi connectivity index (χ1n) is 6.60. The number of hydrogen-bond acceptors (Lipinski definition) is 4. The fourth-order valence-corrected chi connectivity index (χ4v) is 1.99. The van der Waals surface area contributed by atoms with E-state index in [2.05, 4.69) is 10.6 Å². The van der Waals surface area contributed by atoms with Crippen molar-refractivity contribution >= 4 is 18.3 Å². The zero-order valence-corrected chi connectivity index (χ0v) is 12.4. The molecule has 1 aliphatic heterocycles. The molecule has 0 bridgehead atoms. The molecule has 1 amide bonds. The second-order valence-electron chi connectivity index (χ2n) is 4.34. The molecule has 5 nitrogen and oxygen atoms in total. The zero-order valence-electron chi connectivity index (χ0n) is 11.6. The van der Waals surface area contributed by atoms with Gasteiger partial charge in [-0.25, -0.2) is 0 Å². The summed E-state index contributed by atoms with van der Waals surface area (Å²) in [6.45, 7) is 4.83. The number of morpholine rings is 1. The number of carbonyl (C=O) groups excluding carboxylic acids is 1. The van der Waals surface area contributed by atoms with Crippen LogP contribution in [0.1, 0.15) is 12.5 Å². The van der Waals surface area contributed by atoms with E-state index in [1.807, 2.05) is 31.2 Å². The molecule has 0 saturated carbocycles. The van der Waals surface area contributed by atoms with Crippen LogP contribution in [0.4, 0.5) is 0 Å². The predicted octanol–water partition coefficient (Wildman–Crippen LogP) is 1.11. The fourth-order valence-electron chi connectivity index (χ4n) is 1.99. The first-order valence-corrected chi connectivity index (χ1v) is 6.60. The van der Waals surface area contributed by atoms with Crippen LogP contribution in [-0.4, -0.2) is 38.3 Å². The maximum atomic E-state index is 11.9. The first-order chi connectivity index (χ1) is 9.31. The minimum atomic E-state index is -0.256. The van der Waals surface area contributed by atoms with Crippen LogP contribution in [-0.2, 0) is 16.1 Å². The van der Waals surface area contributed by atoms with Gasteiger partial charge in [0.1, 0.15) is 11.8 Å². The summed E-state index contributed by atoms with van der Waals surface area (Å²) in [6.07, 6.45) is 0. The molecular formula is C14H21ClN2O3. The summed E-state index contributed by atoms with van der Waals surface area (Å²) in [7, 11) is 0. The van der Waals surface area contributed by atoms with Gasteiger partial charge in [-0.1, -0.05) is 18.2 Å². The number of nitrogens with one attached hydrogen (secondary N) is 2. The molecule has 2 N–H and O–H groups in total. The van der Waals surface area contributed by atoms with Gasteiger partial charge in [0.05, 0.1) is 19.8 Å². The van der Waals surface area contributed by atoms with Crippen molar-refractivity contribution in [2.45, 2.75) is 19.5 Å². The maximum absolute atomic E-state index is 11.9. The minimum Gasteiger partial charge on any atom is -0.494 e. The summed E-state index contributed by atoms with van der Waals surface area (Å²) in [6, 6.07) is 7.47. The molecule has 20 heavy (non-hydrogen) atoms. The Morgan fingerprint density at radius 3 is 3.00 bits per heavy atom. The number of ether oxygens (including phenoxy) is 2. The lowest BCUT2D eigenvalue weighted by atomic mass is 10.2. The Morgan fingerprint density at radius 2 is 2.30 bits per heavy atom. The van der Waals surface area contributed by atoms with E-state index >= 15 is 0 Å². The Bertz CT molecular complexity index is 423. The van der Waals surface area contributed by atoms with E-state index in [-0.39, 0.29) is 24.4 Å². The third-order valence-electron chi connectivity index (χ3n) is 2.96. The molecule has 0 spiro atoms. The van der Waals surface area contributed by atoms with Gasteiger partial charge < -0.3 is 20.1 Å². The van der Waals surface area contributed by atoms with Crippen LogP contribution < -0.4 is 15.4 Å². The molecule has 1 aromatic carbocycles. The summed E-state index contributed by atoms with van der Waals surface area (Å²) in [5.74, 6) is 0.782. The van der Waals surface area contributed by atoms with Gasteiger partial charge in [0.2, 0.25) is 5.91 Å². The molecule has 1 unspecified atom stereocenters. The predicted molar refractivity (Wildman–Crippen MR) is 79.3 cm³/mol. The fraction of sp³-hybridized carbons (Fsp3) is 0.500. The Kier molecular flexibility index (Phi) is 7.36. The van der Waals surface area contributed by atoms with Crippen LogP contribution in [0, 0.1) is 0 Å². The van der Waals surface area contributed by atoms with E-state index in [9.17, 15) is 4.79 Å². The molecular weight excluding hydrogens is 280 g/mol. The van der Waals surface area contributed by atoms with Crippen molar-refractivity contribution in [1.29, 1.82) is 0 Å². The minimum absolute atomic E-state index is 0. The SMILES string of the molecule is CCOc1ccccc1CNC(=O)C1COCCN1.Cl. The van der Waals surface area contributed by atoms with E-state index in [0.717, 1.165) is 11.3 Å². The lowest BCUT2D eigenvalue weighted by Crippen LogP contribution is -2.51. The van der Waals surface area contributed by atoms with Crippen LogP contribution in [0.2, 0.25) is 0 Å². The number of rotatable bonds is 5. The quantitative estimate of drug-likeness (QED) is 0.855. The lowest BCUT2D eigenvalue weighted by Gasteiger charge is -2.23. The molecule has 0 radical (unpaired) electrons. The van der Waals surface area contributed by atoms with Gasteiger partial charge in [-0.15, -0.1) is 12.4 Å².